The Bertz CT molecular complexity index is 430. The largest absolute Gasteiger partial charge is 0.383 e. The minimum absolute atomic E-state index is 0.00134. The van der Waals surface area contributed by atoms with Crippen molar-refractivity contribution < 1.29 is 9.53 Å². The monoisotopic (exact) mass is 307 g/mol. The number of nitrogens with zero attached hydrogens (tertiary/aromatic N) is 1. The standard InChI is InChI=1S/C17H29N3O2/c1-5-20(6-2)12-16-9-7-15(8-10-16)11-18-17(21)19-14(3)13-22-4/h7-10,14H,5-6,11-13H2,1-4H3,(H2,18,19,21). The molecule has 124 valence electrons. The van der Waals surface area contributed by atoms with E-state index < -0.39 is 0 Å². The lowest BCUT2D eigenvalue weighted by atomic mass is 10.1. The Kier molecular flexibility index (Phi) is 8.55. The van der Waals surface area contributed by atoms with E-state index in [0.717, 1.165) is 25.2 Å². The number of amides is 2. The summed E-state index contributed by atoms with van der Waals surface area (Å²) in [5.74, 6) is 0. The zero-order chi connectivity index (χ0) is 16.4. The summed E-state index contributed by atoms with van der Waals surface area (Å²) in [5, 5.41) is 5.68. The number of hydrogen-bond donors (Lipinski definition) is 2. The van der Waals surface area contributed by atoms with Crippen LogP contribution in [-0.2, 0) is 17.8 Å². The van der Waals surface area contributed by atoms with E-state index in [2.05, 4.69) is 53.6 Å². The van der Waals surface area contributed by atoms with Crippen LogP contribution < -0.4 is 10.6 Å². The Morgan fingerprint density at radius 2 is 1.77 bits per heavy atom. The fourth-order valence-electron chi connectivity index (χ4n) is 2.22. The number of benzene rings is 1. The molecule has 0 aliphatic rings. The predicted octanol–water partition coefficient (Wildman–Crippen LogP) is 2.36. The summed E-state index contributed by atoms with van der Waals surface area (Å²) in [6.45, 7) is 10.4. The molecule has 1 aromatic carbocycles. The molecule has 1 atom stereocenters. The van der Waals surface area contributed by atoms with Crippen LogP contribution in [0.5, 0.6) is 0 Å². The lowest BCUT2D eigenvalue weighted by Crippen LogP contribution is -2.42. The molecular weight excluding hydrogens is 278 g/mol. The molecular formula is C17H29N3O2. The van der Waals surface area contributed by atoms with Crippen LogP contribution >= 0.6 is 0 Å². The van der Waals surface area contributed by atoms with E-state index in [1.807, 2.05) is 6.92 Å². The smallest absolute Gasteiger partial charge is 0.315 e. The molecule has 0 radical (unpaired) electrons. The molecule has 0 saturated carbocycles. The number of hydrogen-bond acceptors (Lipinski definition) is 3. The van der Waals surface area contributed by atoms with Crippen LogP contribution in [0.2, 0.25) is 0 Å². The number of carbonyl (C=O) groups excluding carboxylic acids is 1. The maximum absolute atomic E-state index is 11.7. The van der Waals surface area contributed by atoms with Crippen LogP contribution in [0, 0.1) is 0 Å². The van der Waals surface area contributed by atoms with E-state index in [4.69, 9.17) is 4.74 Å². The van der Waals surface area contributed by atoms with Crippen LogP contribution in [0.25, 0.3) is 0 Å². The van der Waals surface area contributed by atoms with Gasteiger partial charge in [0.1, 0.15) is 0 Å². The summed E-state index contributed by atoms with van der Waals surface area (Å²) in [4.78, 5) is 14.1. The van der Waals surface area contributed by atoms with Crippen LogP contribution in [0.4, 0.5) is 4.79 Å². The average molecular weight is 307 g/mol. The van der Waals surface area contributed by atoms with Gasteiger partial charge in [-0.05, 0) is 31.1 Å². The highest BCUT2D eigenvalue weighted by molar-refractivity contribution is 5.74. The van der Waals surface area contributed by atoms with Gasteiger partial charge in [-0.3, -0.25) is 4.90 Å². The van der Waals surface area contributed by atoms with Crippen LogP contribution in [0.15, 0.2) is 24.3 Å². The molecule has 1 unspecified atom stereocenters. The van der Waals surface area contributed by atoms with E-state index in [9.17, 15) is 4.79 Å². The first-order chi connectivity index (χ1) is 10.6. The molecule has 0 spiro atoms. The molecule has 1 aromatic rings. The van der Waals surface area contributed by atoms with Gasteiger partial charge in [0.2, 0.25) is 0 Å². The quantitative estimate of drug-likeness (QED) is 0.736. The molecule has 0 fully saturated rings. The Labute approximate surface area is 134 Å². The molecule has 2 N–H and O–H groups in total. The number of rotatable bonds is 9. The summed E-state index contributed by atoms with van der Waals surface area (Å²) >= 11 is 0. The minimum atomic E-state index is -0.170. The Hall–Kier alpha value is -1.59. The van der Waals surface area contributed by atoms with E-state index >= 15 is 0 Å². The fourth-order valence-corrected chi connectivity index (χ4v) is 2.22. The van der Waals surface area contributed by atoms with E-state index in [1.54, 1.807) is 7.11 Å². The van der Waals surface area contributed by atoms with Gasteiger partial charge in [-0.1, -0.05) is 38.1 Å². The highest BCUT2D eigenvalue weighted by atomic mass is 16.5. The third kappa shape index (κ3) is 6.91. The number of methoxy groups -OCH3 is 1. The van der Waals surface area contributed by atoms with Gasteiger partial charge in [0, 0.05) is 20.2 Å². The first-order valence-electron chi connectivity index (χ1n) is 7.92. The summed E-state index contributed by atoms with van der Waals surface area (Å²) in [5.41, 5.74) is 2.39. The van der Waals surface area contributed by atoms with Gasteiger partial charge >= 0.3 is 6.03 Å². The van der Waals surface area contributed by atoms with Crippen LogP contribution in [0.3, 0.4) is 0 Å². The zero-order valence-electron chi connectivity index (χ0n) is 14.2. The molecule has 0 aliphatic heterocycles. The van der Waals surface area contributed by atoms with Crippen LogP contribution in [-0.4, -0.2) is 43.8 Å². The predicted molar refractivity (Wildman–Crippen MR) is 89.8 cm³/mol. The summed E-state index contributed by atoms with van der Waals surface area (Å²) < 4.78 is 4.98. The number of carbonyl (C=O) groups is 1. The van der Waals surface area contributed by atoms with Gasteiger partial charge in [-0.2, -0.15) is 0 Å². The van der Waals surface area contributed by atoms with Crippen molar-refractivity contribution in [3.8, 4) is 0 Å². The molecule has 1 rings (SSSR count). The third-order valence-electron chi connectivity index (χ3n) is 3.57. The Morgan fingerprint density at radius 3 is 2.32 bits per heavy atom. The van der Waals surface area contributed by atoms with Crippen LogP contribution in [0.1, 0.15) is 31.9 Å². The second kappa shape index (κ2) is 10.2. The highest BCUT2D eigenvalue weighted by Crippen LogP contribution is 2.07. The van der Waals surface area contributed by atoms with Gasteiger partial charge in [-0.25, -0.2) is 4.79 Å². The number of urea groups is 1. The molecule has 0 bridgehead atoms. The maximum atomic E-state index is 11.7. The molecule has 0 aliphatic carbocycles. The van der Waals surface area contributed by atoms with Crippen molar-refractivity contribution >= 4 is 6.03 Å². The van der Waals surface area contributed by atoms with Gasteiger partial charge in [0.25, 0.3) is 0 Å². The van der Waals surface area contributed by atoms with Gasteiger partial charge in [0.15, 0.2) is 0 Å². The molecule has 2 amide bonds. The first-order valence-corrected chi connectivity index (χ1v) is 7.92. The molecule has 5 heteroatoms. The SMILES string of the molecule is CCN(CC)Cc1ccc(CNC(=O)NC(C)COC)cc1. The van der Waals surface area contributed by atoms with Gasteiger partial charge in [-0.15, -0.1) is 0 Å². The average Bonchev–Trinajstić information content (AvgIpc) is 2.52. The fraction of sp³-hybridized carbons (Fsp3) is 0.588. The van der Waals surface area contributed by atoms with Crippen molar-refractivity contribution in [3.63, 3.8) is 0 Å². The zero-order valence-corrected chi connectivity index (χ0v) is 14.2. The third-order valence-corrected chi connectivity index (χ3v) is 3.57. The summed E-state index contributed by atoms with van der Waals surface area (Å²) in [6.07, 6.45) is 0. The maximum Gasteiger partial charge on any atom is 0.315 e. The van der Waals surface area contributed by atoms with E-state index in [0.29, 0.717) is 13.2 Å². The number of nitrogens with one attached hydrogen (secondary N) is 2. The lowest BCUT2D eigenvalue weighted by Gasteiger charge is -2.18. The molecule has 5 nitrogen and oxygen atoms in total. The van der Waals surface area contributed by atoms with Crippen molar-refractivity contribution in [3.05, 3.63) is 35.4 Å². The molecule has 0 aromatic heterocycles. The second-order valence-corrected chi connectivity index (χ2v) is 5.46. The summed E-state index contributed by atoms with van der Waals surface area (Å²) in [6, 6.07) is 8.22. The Balaban J connectivity index is 2.39. The van der Waals surface area contributed by atoms with Crippen molar-refractivity contribution in [2.75, 3.05) is 26.8 Å². The van der Waals surface area contributed by atoms with Gasteiger partial charge < -0.3 is 15.4 Å². The molecule has 22 heavy (non-hydrogen) atoms. The number of ether oxygens (including phenoxy) is 1. The second-order valence-electron chi connectivity index (χ2n) is 5.46. The van der Waals surface area contributed by atoms with Crippen molar-refractivity contribution in [2.45, 2.75) is 39.9 Å². The molecule has 0 heterocycles. The van der Waals surface area contributed by atoms with Crippen molar-refractivity contribution in [1.29, 1.82) is 0 Å². The minimum Gasteiger partial charge on any atom is -0.383 e. The normalized spacial score (nSPS) is 12.2. The molecule has 0 saturated heterocycles. The van der Waals surface area contributed by atoms with Gasteiger partial charge in [0.05, 0.1) is 12.6 Å². The van der Waals surface area contributed by atoms with Crippen molar-refractivity contribution in [2.24, 2.45) is 0 Å². The van der Waals surface area contributed by atoms with Crippen molar-refractivity contribution in [1.82, 2.24) is 15.5 Å². The topological polar surface area (TPSA) is 53.6 Å². The lowest BCUT2D eigenvalue weighted by molar-refractivity contribution is 0.171. The Morgan fingerprint density at radius 1 is 1.18 bits per heavy atom. The highest BCUT2D eigenvalue weighted by Gasteiger charge is 2.06. The summed E-state index contributed by atoms with van der Waals surface area (Å²) in [7, 11) is 1.62. The van der Waals surface area contributed by atoms with E-state index in [-0.39, 0.29) is 12.1 Å². The van der Waals surface area contributed by atoms with E-state index in [1.165, 1.54) is 5.56 Å². The first kappa shape index (κ1) is 18.5.